The topological polar surface area (TPSA) is 27.1 Å². The van der Waals surface area contributed by atoms with Gasteiger partial charge < -0.3 is 4.74 Å². The van der Waals surface area contributed by atoms with Gasteiger partial charge in [-0.15, -0.1) is 0 Å². The van der Waals surface area contributed by atoms with Gasteiger partial charge in [-0.1, -0.05) is 25.8 Å². The highest BCUT2D eigenvalue weighted by atomic mass is 19.1. The number of aromatic nitrogens is 2. The lowest BCUT2D eigenvalue weighted by molar-refractivity contribution is 0.411. The molecule has 0 N–H and O–H groups in total. The van der Waals surface area contributed by atoms with Crippen LogP contribution in [0.1, 0.15) is 44.3 Å². The minimum atomic E-state index is -0.254. The van der Waals surface area contributed by atoms with E-state index in [0.717, 1.165) is 30.7 Å². The molecular formula is C17H21FN2O. The van der Waals surface area contributed by atoms with Crippen molar-refractivity contribution in [3.8, 4) is 17.0 Å². The molecule has 1 fully saturated rings. The quantitative estimate of drug-likeness (QED) is 0.835. The predicted octanol–water partition coefficient (Wildman–Crippen LogP) is 4.38. The minimum Gasteiger partial charge on any atom is -0.496 e. The monoisotopic (exact) mass is 288 g/mol. The normalized spacial score (nSPS) is 15.6. The fourth-order valence-electron chi connectivity index (χ4n) is 3.15. The van der Waals surface area contributed by atoms with Crippen LogP contribution in [0.4, 0.5) is 4.39 Å². The van der Waals surface area contributed by atoms with Crippen LogP contribution in [-0.2, 0) is 6.42 Å². The summed E-state index contributed by atoms with van der Waals surface area (Å²) in [5, 5.41) is 4.70. The number of benzene rings is 1. The van der Waals surface area contributed by atoms with E-state index >= 15 is 0 Å². The number of hydrogen-bond donors (Lipinski definition) is 0. The highest BCUT2D eigenvalue weighted by Gasteiger charge is 2.24. The molecular weight excluding hydrogens is 267 g/mol. The average Bonchev–Trinajstić information content (AvgIpc) is 3.15. The fourth-order valence-corrected chi connectivity index (χ4v) is 3.15. The van der Waals surface area contributed by atoms with Crippen LogP contribution in [0, 0.1) is 5.82 Å². The molecule has 1 heterocycles. The summed E-state index contributed by atoms with van der Waals surface area (Å²) >= 11 is 0. The van der Waals surface area contributed by atoms with Crippen molar-refractivity contribution in [3.63, 3.8) is 0 Å². The fraction of sp³-hybridized carbons (Fsp3) is 0.471. The molecule has 1 aromatic carbocycles. The van der Waals surface area contributed by atoms with Crippen molar-refractivity contribution in [2.75, 3.05) is 7.11 Å². The van der Waals surface area contributed by atoms with E-state index in [1.165, 1.54) is 18.9 Å². The van der Waals surface area contributed by atoms with Crippen LogP contribution in [0.15, 0.2) is 24.3 Å². The van der Waals surface area contributed by atoms with Gasteiger partial charge in [0.25, 0.3) is 0 Å². The van der Waals surface area contributed by atoms with Gasteiger partial charge in [0.1, 0.15) is 11.6 Å². The molecule has 1 aliphatic rings. The lowest BCUT2D eigenvalue weighted by atomic mass is 10.1. The molecule has 4 heteroatoms. The zero-order valence-corrected chi connectivity index (χ0v) is 12.6. The summed E-state index contributed by atoms with van der Waals surface area (Å²) in [5.74, 6) is 0.313. The first-order valence-electron chi connectivity index (χ1n) is 7.66. The summed E-state index contributed by atoms with van der Waals surface area (Å²) in [4.78, 5) is 0. The van der Waals surface area contributed by atoms with Gasteiger partial charge in [0.15, 0.2) is 0 Å². The van der Waals surface area contributed by atoms with Crippen molar-refractivity contribution in [1.29, 1.82) is 0 Å². The Kier molecular flexibility index (Phi) is 3.95. The Balaban J connectivity index is 2.15. The molecule has 0 atom stereocenters. The highest BCUT2D eigenvalue weighted by Crippen LogP contribution is 2.38. The van der Waals surface area contributed by atoms with Crippen LogP contribution in [0.3, 0.4) is 0 Å². The largest absolute Gasteiger partial charge is 0.496 e. The summed E-state index contributed by atoms with van der Waals surface area (Å²) in [5.41, 5.74) is 2.37. The third kappa shape index (κ3) is 2.55. The zero-order valence-electron chi connectivity index (χ0n) is 12.6. The summed E-state index contributed by atoms with van der Waals surface area (Å²) < 4.78 is 21.8. The zero-order chi connectivity index (χ0) is 14.8. The minimum absolute atomic E-state index is 0.254. The van der Waals surface area contributed by atoms with E-state index in [4.69, 9.17) is 9.84 Å². The molecule has 3 rings (SSSR count). The molecule has 0 saturated heterocycles. The first kappa shape index (κ1) is 14.1. The number of methoxy groups -OCH3 is 1. The van der Waals surface area contributed by atoms with E-state index in [1.54, 1.807) is 19.2 Å². The Hall–Kier alpha value is -1.84. The smallest absolute Gasteiger partial charge is 0.136 e. The van der Waals surface area contributed by atoms with Gasteiger partial charge in [-0.25, -0.2) is 4.39 Å². The predicted molar refractivity (Wildman–Crippen MR) is 81.1 cm³/mol. The number of aryl methyl sites for hydroxylation is 1. The maximum atomic E-state index is 14.4. The lowest BCUT2D eigenvalue weighted by Gasteiger charge is -2.16. The van der Waals surface area contributed by atoms with Gasteiger partial charge in [0.05, 0.1) is 30.1 Å². The number of nitrogens with zero attached hydrogens (tertiary/aromatic N) is 2. The first-order valence-corrected chi connectivity index (χ1v) is 7.66. The Morgan fingerprint density at radius 3 is 2.76 bits per heavy atom. The van der Waals surface area contributed by atoms with E-state index in [1.807, 2.05) is 10.7 Å². The number of ether oxygens (including phenoxy) is 1. The molecule has 21 heavy (non-hydrogen) atoms. The van der Waals surface area contributed by atoms with Crippen molar-refractivity contribution in [2.45, 2.75) is 45.1 Å². The number of halogens is 1. The summed E-state index contributed by atoms with van der Waals surface area (Å²) in [6, 6.07) is 7.34. The second-order valence-corrected chi connectivity index (χ2v) is 5.57. The van der Waals surface area contributed by atoms with Crippen LogP contribution in [0.5, 0.6) is 5.75 Å². The molecule has 0 amide bonds. The third-order valence-corrected chi connectivity index (χ3v) is 4.27. The number of rotatable bonds is 4. The molecule has 0 bridgehead atoms. The summed E-state index contributed by atoms with van der Waals surface area (Å²) in [6.45, 7) is 2.07. The Labute approximate surface area is 124 Å². The molecule has 1 aromatic heterocycles. The third-order valence-electron chi connectivity index (χ3n) is 4.27. The maximum Gasteiger partial charge on any atom is 0.136 e. The van der Waals surface area contributed by atoms with Gasteiger partial charge >= 0.3 is 0 Å². The van der Waals surface area contributed by atoms with Crippen molar-refractivity contribution < 1.29 is 9.13 Å². The Morgan fingerprint density at radius 1 is 1.33 bits per heavy atom. The molecule has 1 aliphatic carbocycles. The SMILES string of the molecule is CCc1cc(-c2c(F)cccc2OC)n(C2CCCC2)n1. The van der Waals surface area contributed by atoms with E-state index in [0.29, 0.717) is 17.4 Å². The molecule has 112 valence electrons. The average molecular weight is 288 g/mol. The van der Waals surface area contributed by atoms with Gasteiger partial charge in [0.2, 0.25) is 0 Å². The molecule has 0 unspecified atom stereocenters. The second-order valence-electron chi connectivity index (χ2n) is 5.57. The molecule has 2 aromatic rings. The Morgan fingerprint density at radius 2 is 2.10 bits per heavy atom. The van der Waals surface area contributed by atoms with Gasteiger partial charge in [0, 0.05) is 0 Å². The van der Waals surface area contributed by atoms with Gasteiger partial charge in [-0.05, 0) is 37.5 Å². The van der Waals surface area contributed by atoms with Crippen LogP contribution in [0.2, 0.25) is 0 Å². The van der Waals surface area contributed by atoms with E-state index in [9.17, 15) is 4.39 Å². The van der Waals surface area contributed by atoms with Gasteiger partial charge in [-0.3, -0.25) is 4.68 Å². The van der Waals surface area contributed by atoms with Crippen LogP contribution < -0.4 is 4.74 Å². The maximum absolute atomic E-state index is 14.4. The molecule has 0 radical (unpaired) electrons. The summed E-state index contributed by atoms with van der Waals surface area (Å²) in [7, 11) is 1.58. The van der Waals surface area contributed by atoms with Crippen LogP contribution in [0.25, 0.3) is 11.3 Å². The molecule has 0 aliphatic heterocycles. The highest BCUT2D eigenvalue weighted by molar-refractivity contribution is 5.68. The van der Waals surface area contributed by atoms with Crippen molar-refractivity contribution in [3.05, 3.63) is 35.8 Å². The summed E-state index contributed by atoms with van der Waals surface area (Å²) in [6.07, 6.45) is 5.53. The van der Waals surface area contributed by atoms with E-state index < -0.39 is 0 Å². The molecule has 3 nitrogen and oxygen atoms in total. The standard InChI is InChI=1S/C17H21FN2O/c1-3-12-11-15(20(19-12)13-7-4-5-8-13)17-14(18)9-6-10-16(17)21-2/h6,9-11,13H,3-5,7-8H2,1-2H3. The van der Waals surface area contributed by atoms with Crippen molar-refractivity contribution in [2.24, 2.45) is 0 Å². The van der Waals surface area contributed by atoms with Crippen molar-refractivity contribution >= 4 is 0 Å². The van der Waals surface area contributed by atoms with E-state index in [-0.39, 0.29) is 5.82 Å². The second kappa shape index (κ2) is 5.88. The van der Waals surface area contributed by atoms with Gasteiger partial charge in [-0.2, -0.15) is 5.10 Å². The lowest BCUT2D eigenvalue weighted by Crippen LogP contribution is -2.09. The van der Waals surface area contributed by atoms with Crippen LogP contribution >= 0.6 is 0 Å². The first-order chi connectivity index (χ1) is 10.2. The Bertz CT molecular complexity index is 630. The molecule has 1 saturated carbocycles. The number of hydrogen-bond acceptors (Lipinski definition) is 2. The molecule has 0 spiro atoms. The van der Waals surface area contributed by atoms with Crippen LogP contribution in [-0.4, -0.2) is 16.9 Å². The van der Waals surface area contributed by atoms with Crippen molar-refractivity contribution in [1.82, 2.24) is 9.78 Å². The van der Waals surface area contributed by atoms with E-state index in [2.05, 4.69) is 6.92 Å².